The molecule has 0 radical (unpaired) electrons. The van der Waals surface area contributed by atoms with Gasteiger partial charge in [-0.15, -0.1) is 0 Å². The third-order valence-corrected chi connectivity index (χ3v) is 7.39. The fraction of sp³-hybridized carbons (Fsp3) is 0.464. The number of nitrogens with zero attached hydrogens (tertiary/aromatic N) is 3. The van der Waals surface area contributed by atoms with Gasteiger partial charge in [0, 0.05) is 45.3 Å². The van der Waals surface area contributed by atoms with Gasteiger partial charge in [-0.2, -0.15) is 5.26 Å². The van der Waals surface area contributed by atoms with Gasteiger partial charge in [-0.05, 0) is 48.5 Å². The molecule has 0 unspecified atom stereocenters. The Labute approximate surface area is 211 Å². The molecule has 8 nitrogen and oxygen atoms in total. The van der Waals surface area contributed by atoms with Gasteiger partial charge in [0.15, 0.2) is 0 Å². The van der Waals surface area contributed by atoms with Gasteiger partial charge in [0.05, 0.1) is 24.6 Å². The summed E-state index contributed by atoms with van der Waals surface area (Å²) in [5.41, 5.74) is 2.28. The summed E-state index contributed by atoms with van der Waals surface area (Å²) in [6.45, 7) is 4.27. The summed E-state index contributed by atoms with van der Waals surface area (Å²) in [7, 11) is 0. The lowest BCUT2D eigenvalue weighted by Crippen LogP contribution is -2.44. The van der Waals surface area contributed by atoms with Gasteiger partial charge >= 0.3 is 6.09 Å². The molecular weight excluding hydrogens is 456 g/mol. The highest BCUT2D eigenvalue weighted by Crippen LogP contribution is 2.32. The first-order chi connectivity index (χ1) is 17.5. The summed E-state index contributed by atoms with van der Waals surface area (Å²) in [4.78, 5) is 29.0. The van der Waals surface area contributed by atoms with Gasteiger partial charge in [0.2, 0.25) is 5.91 Å². The first-order valence-corrected chi connectivity index (χ1v) is 12.7. The molecule has 5 rings (SSSR count). The second-order valence-electron chi connectivity index (χ2n) is 9.98. The van der Waals surface area contributed by atoms with E-state index in [1.165, 1.54) is 0 Å². The highest BCUT2D eigenvalue weighted by molar-refractivity contribution is 5.79. The van der Waals surface area contributed by atoms with E-state index in [9.17, 15) is 9.59 Å². The number of rotatable bonds is 6. The first kappa shape index (κ1) is 24.1. The van der Waals surface area contributed by atoms with Gasteiger partial charge < -0.3 is 19.7 Å². The van der Waals surface area contributed by atoms with Crippen LogP contribution in [0, 0.1) is 11.3 Å². The van der Waals surface area contributed by atoms with Crippen molar-refractivity contribution in [1.29, 1.82) is 5.26 Å². The van der Waals surface area contributed by atoms with Crippen molar-refractivity contribution in [3.8, 4) is 11.8 Å². The molecule has 36 heavy (non-hydrogen) atoms. The van der Waals surface area contributed by atoms with Crippen LogP contribution >= 0.6 is 0 Å². The third-order valence-electron chi connectivity index (χ3n) is 7.39. The molecule has 8 heteroatoms. The molecule has 0 saturated carbocycles. The van der Waals surface area contributed by atoms with E-state index >= 15 is 0 Å². The monoisotopic (exact) mass is 488 g/mol. The predicted octanol–water partition coefficient (Wildman–Crippen LogP) is 3.25. The van der Waals surface area contributed by atoms with Crippen LogP contribution in [-0.4, -0.2) is 66.2 Å². The molecule has 2 aromatic rings. The van der Waals surface area contributed by atoms with Gasteiger partial charge in [0.25, 0.3) is 0 Å². The van der Waals surface area contributed by atoms with Crippen molar-refractivity contribution < 1.29 is 19.1 Å². The van der Waals surface area contributed by atoms with Crippen molar-refractivity contribution in [2.24, 2.45) is 0 Å². The van der Waals surface area contributed by atoms with Crippen LogP contribution in [0.4, 0.5) is 4.79 Å². The van der Waals surface area contributed by atoms with E-state index in [0.29, 0.717) is 38.2 Å². The molecule has 3 heterocycles. The van der Waals surface area contributed by atoms with Crippen LogP contribution in [0.5, 0.6) is 5.75 Å². The quantitative estimate of drug-likeness (QED) is 0.671. The van der Waals surface area contributed by atoms with Crippen molar-refractivity contribution in [2.75, 3.05) is 32.7 Å². The van der Waals surface area contributed by atoms with E-state index in [1.54, 1.807) is 17.0 Å². The fourth-order valence-electron chi connectivity index (χ4n) is 5.25. The zero-order chi connectivity index (χ0) is 25.0. The van der Waals surface area contributed by atoms with Crippen molar-refractivity contribution >= 4 is 12.0 Å². The standard InChI is InChI=1S/C28H32N4O4/c29-18-22-5-7-24(8-6-22)35-25-9-15-31(16-10-25)26(33)17-21-1-3-23(4-2-21)19-32-20-28(36-27(32)34)11-13-30-14-12-28/h1-8,25,30H,9-17,19-20H2. The lowest BCUT2D eigenvalue weighted by atomic mass is 9.92. The Morgan fingerprint density at radius 2 is 1.72 bits per heavy atom. The highest BCUT2D eigenvalue weighted by atomic mass is 16.6. The van der Waals surface area contributed by atoms with E-state index in [4.69, 9.17) is 14.7 Å². The van der Waals surface area contributed by atoms with Crippen LogP contribution in [-0.2, 0) is 22.5 Å². The molecule has 3 fully saturated rings. The summed E-state index contributed by atoms with van der Waals surface area (Å²) >= 11 is 0. The van der Waals surface area contributed by atoms with E-state index < -0.39 is 0 Å². The average Bonchev–Trinajstić information content (AvgIpc) is 3.20. The maximum Gasteiger partial charge on any atom is 0.410 e. The lowest BCUT2D eigenvalue weighted by Gasteiger charge is -2.32. The van der Waals surface area contributed by atoms with Crippen molar-refractivity contribution in [2.45, 2.75) is 50.4 Å². The number of carbonyl (C=O) groups excluding carboxylic acids is 2. The third kappa shape index (κ3) is 5.63. The largest absolute Gasteiger partial charge is 0.490 e. The first-order valence-electron chi connectivity index (χ1n) is 12.7. The van der Waals surface area contributed by atoms with Crippen LogP contribution in [0.2, 0.25) is 0 Å². The second-order valence-corrected chi connectivity index (χ2v) is 9.98. The zero-order valence-corrected chi connectivity index (χ0v) is 20.4. The van der Waals surface area contributed by atoms with E-state index in [-0.39, 0.29) is 23.7 Å². The zero-order valence-electron chi connectivity index (χ0n) is 20.4. The molecule has 2 aromatic carbocycles. The molecular formula is C28H32N4O4. The average molecular weight is 489 g/mol. The van der Waals surface area contributed by atoms with Crippen LogP contribution in [0.25, 0.3) is 0 Å². The van der Waals surface area contributed by atoms with E-state index in [1.807, 2.05) is 41.3 Å². The topological polar surface area (TPSA) is 94.9 Å². The number of amides is 2. The van der Waals surface area contributed by atoms with Gasteiger partial charge in [0.1, 0.15) is 17.5 Å². The Morgan fingerprint density at radius 1 is 1.06 bits per heavy atom. The summed E-state index contributed by atoms with van der Waals surface area (Å²) in [6.07, 6.45) is 3.49. The van der Waals surface area contributed by atoms with Crippen molar-refractivity contribution in [3.63, 3.8) is 0 Å². The molecule has 0 aromatic heterocycles. The minimum atomic E-state index is -0.338. The summed E-state index contributed by atoms with van der Waals surface area (Å²) in [5.74, 6) is 0.877. The maximum atomic E-state index is 12.9. The molecule has 0 bridgehead atoms. The summed E-state index contributed by atoms with van der Waals surface area (Å²) in [6, 6.07) is 17.2. The van der Waals surface area contributed by atoms with Crippen molar-refractivity contribution in [3.05, 3.63) is 65.2 Å². The van der Waals surface area contributed by atoms with Crippen molar-refractivity contribution in [1.82, 2.24) is 15.1 Å². The Balaban J connectivity index is 1.08. The maximum absolute atomic E-state index is 12.9. The summed E-state index contributed by atoms with van der Waals surface area (Å²) in [5, 5.41) is 12.2. The number of piperidine rings is 2. The van der Waals surface area contributed by atoms with Crippen LogP contribution in [0.3, 0.4) is 0 Å². The van der Waals surface area contributed by atoms with Gasteiger partial charge in [-0.25, -0.2) is 4.79 Å². The Bertz CT molecular complexity index is 1110. The number of nitrogens with one attached hydrogen (secondary N) is 1. The fourth-order valence-corrected chi connectivity index (χ4v) is 5.25. The molecule has 2 amide bonds. The minimum absolute atomic E-state index is 0.0718. The van der Waals surface area contributed by atoms with Crippen LogP contribution in [0.15, 0.2) is 48.5 Å². The lowest BCUT2D eigenvalue weighted by molar-refractivity contribution is -0.132. The smallest absolute Gasteiger partial charge is 0.410 e. The molecule has 188 valence electrons. The Kier molecular flexibility index (Phi) is 7.10. The molecule has 0 atom stereocenters. The number of nitriles is 1. The van der Waals surface area contributed by atoms with Gasteiger partial charge in [-0.1, -0.05) is 24.3 Å². The minimum Gasteiger partial charge on any atom is -0.490 e. The number of ether oxygens (including phenoxy) is 2. The normalized spacial score (nSPS) is 19.7. The SMILES string of the molecule is N#Cc1ccc(OC2CCN(C(=O)Cc3ccc(CN4CC5(CCNCC5)OC4=O)cc3)CC2)cc1. The molecule has 0 aliphatic carbocycles. The molecule has 3 saturated heterocycles. The van der Waals surface area contributed by atoms with E-state index in [2.05, 4.69) is 11.4 Å². The predicted molar refractivity (Wildman–Crippen MR) is 133 cm³/mol. The Morgan fingerprint density at radius 3 is 2.39 bits per heavy atom. The number of likely N-dealkylation sites (tertiary alicyclic amines) is 1. The Hall–Kier alpha value is -3.57. The number of hydrogen-bond donors (Lipinski definition) is 1. The number of carbonyl (C=O) groups is 2. The number of hydrogen-bond acceptors (Lipinski definition) is 6. The summed E-state index contributed by atoms with van der Waals surface area (Å²) < 4.78 is 11.8. The molecule has 1 N–H and O–H groups in total. The molecule has 3 aliphatic rings. The van der Waals surface area contributed by atoms with Crippen LogP contribution < -0.4 is 10.1 Å². The highest BCUT2D eigenvalue weighted by Gasteiger charge is 2.45. The number of benzene rings is 2. The van der Waals surface area contributed by atoms with Crippen LogP contribution in [0.1, 0.15) is 42.4 Å². The van der Waals surface area contributed by atoms with E-state index in [0.717, 1.165) is 55.6 Å². The molecule has 3 aliphatic heterocycles. The van der Waals surface area contributed by atoms with Gasteiger partial charge in [-0.3, -0.25) is 9.69 Å². The second kappa shape index (κ2) is 10.6. The molecule has 1 spiro atoms.